The number of hydrogen-bond acceptors (Lipinski definition) is 3. The molecule has 0 radical (unpaired) electrons. The fraction of sp³-hybridized carbons (Fsp3) is 0.538. The maximum Gasteiger partial charge on any atom is 0.123 e. The third-order valence-corrected chi connectivity index (χ3v) is 2.97. The van der Waals surface area contributed by atoms with Gasteiger partial charge in [-0.15, -0.1) is 0 Å². The van der Waals surface area contributed by atoms with E-state index < -0.39 is 0 Å². The highest BCUT2D eigenvalue weighted by molar-refractivity contribution is 5.38. The fourth-order valence-corrected chi connectivity index (χ4v) is 1.27. The molecule has 3 heteroatoms. The molecule has 3 nitrogen and oxygen atoms in total. The number of phenols is 2. The Morgan fingerprint density at radius 2 is 1.88 bits per heavy atom. The number of rotatable bonds is 3. The lowest BCUT2D eigenvalue weighted by Crippen LogP contribution is -2.37. The predicted octanol–water partition coefficient (Wildman–Crippen LogP) is 2.62. The zero-order chi connectivity index (χ0) is 12.3. The molecule has 0 aromatic heterocycles. The molecule has 1 aromatic carbocycles. The van der Waals surface area contributed by atoms with Gasteiger partial charge in [0.2, 0.25) is 0 Å². The van der Waals surface area contributed by atoms with E-state index in [1.54, 1.807) is 12.1 Å². The number of benzene rings is 1. The van der Waals surface area contributed by atoms with E-state index in [9.17, 15) is 5.11 Å². The van der Waals surface area contributed by atoms with Crippen LogP contribution in [0.3, 0.4) is 0 Å². The van der Waals surface area contributed by atoms with E-state index in [4.69, 9.17) is 5.11 Å². The number of nitrogens with one attached hydrogen (secondary N) is 1. The standard InChI is InChI=1S/C13H21NO2/c1-9(13(2,3)4)14-8-10-5-6-11(15)7-12(10)16/h5-7,9,14-16H,8H2,1-4H3. The van der Waals surface area contributed by atoms with E-state index in [0.29, 0.717) is 12.6 Å². The van der Waals surface area contributed by atoms with Crippen molar-refractivity contribution in [3.8, 4) is 11.5 Å². The lowest BCUT2D eigenvalue weighted by atomic mass is 9.88. The average molecular weight is 223 g/mol. The molecule has 90 valence electrons. The summed E-state index contributed by atoms with van der Waals surface area (Å²) in [5.74, 6) is 0.221. The third-order valence-electron chi connectivity index (χ3n) is 2.97. The van der Waals surface area contributed by atoms with Gasteiger partial charge in [0.25, 0.3) is 0 Å². The molecule has 1 rings (SSSR count). The SMILES string of the molecule is CC(NCc1ccc(O)cc1O)C(C)(C)C. The Morgan fingerprint density at radius 3 is 2.38 bits per heavy atom. The van der Waals surface area contributed by atoms with Crippen molar-refractivity contribution in [3.05, 3.63) is 23.8 Å². The Morgan fingerprint density at radius 1 is 1.25 bits per heavy atom. The van der Waals surface area contributed by atoms with Crippen LogP contribution in [0, 0.1) is 5.41 Å². The van der Waals surface area contributed by atoms with Crippen LogP contribution in [0.1, 0.15) is 33.3 Å². The van der Waals surface area contributed by atoms with Crippen molar-refractivity contribution in [1.29, 1.82) is 0 Å². The minimum atomic E-state index is 0.0881. The highest BCUT2D eigenvalue weighted by Gasteiger charge is 2.19. The van der Waals surface area contributed by atoms with Crippen LogP contribution >= 0.6 is 0 Å². The van der Waals surface area contributed by atoms with Crippen LogP contribution in [0.5, 0.6) is 11.5 Å². The zero-order valence-electron chi connectivity index (χ0n) is 10.4. The number of aromatic hydroxyl groups is 2. The van der Waals surface area contributed by atoms with E-state index in [1.807, 2.05) is 0 Å². The van der Waals surface area contributed by atoms with Crippen LogP contribution in [0.2, 0.25) is 0 Å². The second-order valence-corrected chi connectivity index (χ2v) is 5.28. The first-order chi connectivity index (χ1) is 7.30. The summed E-state index contributed by atoms with van der Waals surface area (Å²) in [7, 11) is 0. The molecule has 0 aliphatic heterocycles. The second-order valence-electron chi connectivity index (χ2n) is 5.28. The van der Waals surface area contributed by atoms with Gasteiger partial charge in [-0.1, -0.05) is 26.8 Å². The quantitative estimate of drug-likeness (QED) is 0.738. The molecule has 0 aliphatic rings. The molecule has 0 spiro atoms. The Kier molecular flexibility index (Phi) is 3.81. The molecule has 0 aliphatic carbocycles. The molecule has 0 saturated heterocycles. The predicted molar refractivity (Wildman–Crippen MR) is 65.5 cm³/mol. The monoisotopic (exact) mass is 223 g/mol. The van der Waals surface area contributed by atoms with Crippen molar-refractivity contribution in [1.82, 2.24) is 5.32 Å². The molecular formula is C13H21NO2. The van der Waals surface area contributed by atoms with Gasteiger partial charge in [0.05, 0.1) is 0 Å². The largest absolute Gasteiger partial charge is 0.508 e. The van der Waals surface area contributed by atoms with Crippen LogP contribution in [0.15, 0.2) is 18.2 Å². The van der Waals surface area contributed by atoms with Crippen molar-refractivity contribution in [2.75, 3.05) is 0 Å². The highest BCUT2D eigenvalue weighted by atomic mass is 16.3. The summed E-state index contributed by atoms with van der Waals surface area (Å²) in [5.41, 5.74) is 0.987. The molecular weight excluding hydrogens is 202 g/mol. The van der Waals surface area contributed by atoms with Gasteiger partial charge < -0.3 is 15.5 Å². The van der Waals surface area contributed by atoms with Gasteiger partial charge >= 0.3 is 0 Å². The molecule has 3 N–H and O–H groups in total. The molecule has 1 aromatic rings. The summed E-state index contributed by atoms with van der Waals surface area (Å²) < 4.78 is 0. The van der Waals surface area contributed by atoms with Crippen LogP contribution in [-0.2, 0) is 6.54 Å². The lowest BCUT2D eigenvalue weighted by Gasteiger charge is -2.28. The topological polar surface area (TPSA) is 52.5 Å². The Bertz CT molecular complexity index is 355. The van der Waals surface area contributed by atoms with Crippen LogP contribution in [0.4, 0.5) is 0 Å². The first-order valence-corrected chi connectivity index (χ1v) is 5.55. The zero-order valence-corrected chi connectivity index (χ0v) is 10.4. The molecule has 0 heterocycles. The van der Waals surface area contributed by atoms with Gasteiger partial charge in [0.15, 0.2) is 0 Å². The summed E-state index contributed by atoms with van der Waals surface area (Å²) >= 11 is 0. The van der Waals surface area contributed by atoms with Gasteiger partial charge in [0.1, 0.15) is 11.5 Å². The molecule has 1 atom stereocenters. The van der Waals surface area contributed by atoms with Crippen molar-refractivity contribution in [2.45, 2.75) is 40.3 Å². The normalized spacial score (nSPS) is 13.8. The van der Waals surface area contributed by atoms with Gasteiger partial charge in [-0.05, 0) is 18.4 Å². The van der Waals surface area contributed by atoms with Gasteiger partial charge in [0, 0.05) is 24.2 Å². The molecule has 0 amide bonds. The summed E-state index contributed by atoms with van der Waals surface area (Å²) in [6.07, 6.45) is 0. The minimum Gasteiger partial charge on any atom is -0.508 e. The molecule has 16 heavy (non-hydrogen) atoms. The molecule has 0 fully saturated rings. The molecule has 0 saturated carbocycles. The van der Waals surface area contributed by atoms with Crippen molar-refractivity contribution in [2.24, 2.45) is 5.41 Å². The maximum absolute atomic E-state index is 9.61. The van der Waals surface area contributed by atoms with Gasteiger partial charge in [-0.25, -0.2) is 0 Å². The third kappa shape index (κ3) is 3.42. The van der Waals surface area contributed by atoms with Crippen LogP contribution < -0.4 is 5.32 Å². The average Bonchev–Trinajstić information content (AvgIpc) is 2.14. The number of hydrogen-bond donors (Lipinski definition) is 3. The first kappa shape index (κ1) is 12.8. The van der Waals surface area contributed by atoms with E-state index in [0.717, 1.165) is 5.56 Å². The van der Waals surface area contributed by atoms with Gasteiger partial charge in [-0.3, -0.25) is 0 Å². The Balaban J connectivity index is 2.62. The van der Waals surface area contributed by atoms with E-state index in [1.165, 1.54) is 6.07 Å². The number of phenolic OH excluding ortho intramolecular Hbond substituents is 2. The maximum atomic E-state index is 9.61. The minimum absolute atomic E-state index is 0.0881. The second kappa shape index (κ2) is 4.74. The van der Waals surface area contributed by atoms with Crippen LogP contribution in [-0.4, -0.2) is 16.3 Å². The summed E-state index contributed by atoms with van der Waals surface area (Å²) in [6, 6.07) is 5.02. The van der Waals surface area contributed by atoms with E-state index in [2.05, 4.69) is 33.0 Å². The molecule has 0 bridgehead atoms. The molecule has 1 unspecified atom stereocenters. The van der Waals surface area contributed by atoms with Crippen molar-refractivity contribution in [3.63, 3.8) is 0 Å². The van der Waals surface area contributed by atoms with E-state index >= 15 is 0 Å². The van der Waals surface area contributed by atoms with Crippen molar-refractivity contribution < 1.29 is 10.2 Å². The summed E-state index contributed by atoms with van der Waals surface area (Å²) in [5, 5.41) is 22.1. The van der Waals surface area contributed by atoms with E-state index in [-0.39, 0.29) is 16.9 Å². The van der Waals surface area contributed by atoms with Crippen LogP contribution in [0.25, 0.3) is 0 Å². The van der Waals surface area contributed by atoms with Crippen molar-refractivity contribution >= 4 is 0 Å². The first-order valence-electron chi connectivity index (χ1n) is 5.55. The summed E-state index contributed by atoms with van der Waals surface area (Å²) in [4.78, 5) is 0. The fourth-order valence-electron chi connectivity index (χ4n) is 1.27. The Hall–Kier alpha value is -1.22. The Labute approximate surface area is 97.1 Å². The van der Waals surface area contributed by atoms with Gasteiger partial charge in [-0.2, -0.15) is 0 Å². The highest BCUT2D eigenvalue weighted by Crippen LogP contribution is 2.24. The smallest absolute Gasteiger partial charge is 0.123 e. The lowest BCUT2D eigenvalue weighted by molar-refractivity contribution is 0.284. The summed E-state index contributed by atoms with van der Waals surface area (Å²) in [6.45, 7) is 9.23.